The summed E-state index contributed by atoms with van der Waals surface area (Å²) in [5.41, 5.74) is 1.73. The number of hydrogen-bond donors (Lipinski definition) is 3. The molecule has 3 N–H and O–H groups in total. The first kappa shape index (κ1) is 16.1. The highest BCUT2D eigenvalue weighted by molar-refractivity contribution is 5.98. The third-order valence-electron chi connectivity index (χ3n) is 3.89. The molecule has 0 bridgehead atoms. The Labute approximate surface area is 138 Å². The van der Waals surface area contributed by atoms with E-state index in [0.29, 0.717) is 29.6 Å². The van der Waals surface area contributed by atoms with Gasteiger partial charge in [-0.25, -0.2) is 4.39 Å². The van der Waals surface area contributed by atoms with Crippen LogP contribution in [0.1, 0.15) is 16.2 Å². The van der Waals surface area contributed by atoms with Crippen LogP contribution in [0.2, 0.25) is 0 Å². The van der Waals surface area contributed by atoms with Crippen molar-refractivity contribution in [3.63, 3.8) is 0 Å². The lowest BCUT2D eigenvalue weighted by atomic mass is 10.0. The molecule has 5 nitrogen and oxygen atoms in total. The number of halogens is 1. The molecule has 3 rings (SSSR count). The molecule has 3 aromatic rings. The highest BCUT2D eigenvalue weighted by atomic mass is 19.1. The second-order valence-electron chi connectivity index (χ2n) is 5.67. The molecule has 1 atom stereocenters. The number of pyridine rings is 1. The predicted octanol–water partition coefficient (Wildman–Crippen LogP) is 2.28. The summed E-state index contributed by atoms with van der Waals surface area (Å²) >= 11 is 0. The van der Waals surface area contributed by atoms with Crippen LogP contribution >= 0.6 is 0 Å². The number of carbonyl (C=O) groups is 1. The number of fused-ring (bicyclic) bond motifs is 1. The molecule has 0 aliphatic rings. The smallest absolute Gasteiger partial charge is 0.267 e. The Balaban J connectivity index is 1.64. The molecule has 0 aliphatic heterocycles. The highest BCUT2D eigenvalue weighted by Gasteiger charge is 2.15. The average Bonchev–Trinajstić information content (AvgIpc) is 3.05. The van der Waals surface area contributed by atoms with E-state index in [-0.39, 0.29) is 24.2 Å². The second kappa shape index (κ2) is 7.23. The minimum absolute atomic E-state index is 0.0574. The normalized spacial score (nSPS) is 12.2. The largest absolute Gasteiger partial charge is 0.396 e. The number of nitrogens with zero attached hydrogens (tertiary/aromatic N) is 1. The molecule has 24 heavy (non-hydrogen) atoms. The van der Waals surface area contributed by atoms with Crippen LogP contribution in [0.15, 0.2) is 48.7 Å². The molecule has 2 heterocycles. The van der Waals surface area contributed by atoms with Gasteiger partial charge in [0.25, 0.3) is 5.91 Å². The lowest BCUT2D eigenvalue weighted by Crippen LogP contribution is -2.32. The molecule has 0 saturated carbocycles. The number of aliphatic hydroxyl groups is 1. The summed E-state index contributed by atoms with van der Waals surface area (Å²) in [5, 5.41) is 12.6. The minimum atomic E-state index is -0.369. The molecular formula is C18H18FN3O2. The monoisotopic (exact) mass is 327 g/mol. The van der Waals surface area contributed by atoms with Crippen LogP contribution in [0, 0.1) is 11.7 Å². The molecule has 0 saturated heterocycles. The van der Waals surface area contributed by atoms with Gasteiger partial charge >= 0.3 is 0 Å². The zero-order chi connectivity index (χ0) is 16.9. The van der Waals surface area contributed by atoms with Crippen molar-refractivity contribution < 1.29 is 14.3 Å². The Morgan fingerprint density at radius 3 is 2.88 bits per heavy atom. The molecule has 124 valence electrons. The highest BCUT2D eigenvalue weighted by Crippen LogP contribution is 2.18. The van der Waals surface area contributed by atoms with Crippen molar-refractivity contribution in [3.8, 4) is 0 Å². The third-order valence-corrected chi connectivity index (χ3v) is 3.89. The summed E-state index contributed by atoms with van der Waals surface area (Å²) in [6, 6.07) is 11.7. The predicted molar refractivity (Wildman–Crippen MR) is 89.1 cm³/mol. The number of carbonyl (C=O) groups excluding carboxylic acids is 1. The van der Waals surface area contributed by atoms with Gasteiger partial charge in [-0.3, -0.25) is 9.78 Å². The Kier molecular flexibility index (Phi) is 4.86. The maximum Gasteiger partial charge on any atom is 0.267 e. The van der Waals surface area contributed by atoms with Crippen LogP contribution in [0.5, 0.6) is 0 Å². The number of benzene rings is 1. The molecule has 1 aromatic carbocycles. The first-order chi connectivity index (χ1) is 11.7. The van der Waals surface area contributed by atoms with Gasteiger partial charge in [-0.1, -0.05) is 12.1 Å². The SMILES string of the molecule is O=C(NCC(CO)Cc1ccccn1)c1cc2c(F)cccc2[nH]1. The van der Waals surface area contributed by atoms with Crippen molar-refractivity contribution in [2.45, 2.75) is 6.42 Å². The van der Waals surface area contributed by atoms with E-state index in [9.17, 15) is 14.3 Å². The topological polar surface area (TPSA) is 78.0 Å². The van der Waals surface area contributed by atoms with E-state index in [1.807, 2.05) is 18.2 Å². The summed E-state index contributed by atoms with van der Waals surface area (Å²) in [6.07, 6.45) is 2.26. The fraction of sp³-hybridized carbons (Fsp3) is 0.222. The Hall–Kier alpha value is -2.73. The standard InChI is InChI=1S/C18H18FN3O2/c19-15-5-3-6-16-14(15)9-17(22-16)18(24)21-10-12(11-23)8-13-4-1-2-7-20-13/h1-7,9,12,22-23H,8,10-11H2,(H,21,24). The Bertz CT molecular complexity index is 833. The fourth-order valence-electron chi connectivity index (χ4n) is 2.59. The number of H-pyrrole nitrogens is 1. The van der Waals surface area contributed by atoms with Crippen LogP contribution in [0.25, 0.3) is 10.9 Å². The van der Waals surface area contributed by atoms with Crippen LogP contribution in [0.3, 0.4) is 0 Å². The number of nitrogens with one attached hydrogen (secondary N) is 2. The molecule has 0 fully saturated rings. The summed E-state index contributed by atoms with van der Waals surface area (Å²) in [5.74, 6) is -0.832. The van der Waals surface area contributed by atoms with Gasteiger partial charge in [0.05, 0.1) is 0 Å². The molecule has 0 spiro atoms. The van der Waals surface area contributed by atoms with Gasteiger partial charge in [0.15, 0.2) is 0 Å². The summed E-state index contributed by atoms with van der Waals surface area (Å²) in [4.78, 5) is 19.4. The van der Waals surface area contributed by atoms with E-state index < -0.39 is 0 Å². The van der Waals surface area contributed by atoms with Gasteiger partial charge in [0, 0.05) is 41.9 Å². The Morgan fingerprint density at radius 1 is 1.29 bits per heavy atom. The lowest BCUT2D eigenvalue weighted by molar-refractivity contribution is 0.0935. The van der Waals surface area contributed by atoms with E-state index in [1.54, 1.807) is 18.3 Å². The van der Waals surface area contributed by atoms with Crippen LogP contribution in [0.4, 0.5) is 4.39 Å². The number of hydrogen-bond acceptors (Lipinski definition) is 3. The zero-order valence-corrected chi connectivity index (χ0v) is 13.0. The van der Waals surface area contributed by atoms with Crippen molar-refractivity contribution in [2.75, 3.05) is 13.2 Å². The molecule has 0 aliphatic carbocycles. The van der Waals surface area contributed by atoms with Gasteiger partial charge in [-0.15, -0.1) is 0 Å². The third kappa shape index (κ3) is 3.60. The molecule has 6 heteroatoms. The molecule has 1 unspecified atom stereocenters. The average molecular weight is 327 g/mol. The number of aliphatic hydroxyl groups excluding tert-OH is 1. The summed E-state index contributed by atoms with van der Waals surface area (Å²) in [7, 11) is 0. The van der Waals surface area contributed by atoms with Crippen LogP contribution in [-0.2, 0) is 6.42 Å². The number of aromatic amines is 1. The lowest BCUT2D eigenvalue weighted by Gasteiger charge is -2.14. The zero-order valence-electron chi connectivity index (χ0n) is 13.0. The van der Waals surface area contributed by atoms with Gasteiger partial charge in [0.2, 0.25) is 0 Å². The molecule has 1 amide bonds. The van der Waals surface area contributed by atoms with Gasteiger partial charge < -0.3 is 15.4 Å². The maximum absolute atomic E-state index is 13.7. The van der Waals surface area contributed by atoms with Crippen LogP contribution in [-0.4, -0.2) is 34.1 Å². The molecular weight excluding hydrogens is 309 g/mol. The van der Waals surface area contributed by atoms with E-state index >= 15 is 0 Å². The van der Waals surface area contributed by atoms with Gasteiger partial charge in [-0.2, -0.15) is 0 Å². The molecule has 0 radical (unpaired) electrons. The summed E-state index contributed by atoms with van der Waals surface area (Å²) < 4.78 is 13.7. The van der Waals surface area contributed by atoms with Crippen molar-refractivity contribution >= 4 is 16.8 Å². The number of aromatic nitrogens is 2. The first-order valence-electron chi connectivity index (χ1n) is 7.73. The summed E-state index contributed by atoms with van der Waals surface area (Å²) in [6.45, 7) is 0.252. The second-order valence-corrected chi connectivity index (χ2v) is 5.67. The minimum Gasteiger partial charge on any atom is -0.396 e. The van der Waals surface area contributed by atoms with Crippen molar-refractivity contribution in [1.82, 2.24) is 15.3 Å². The van der Waals surface area contributed by atoms with E-state index in [0.717, 1.165) is 5.69 Å². The van der Waals surface area contributed by atoms with Gasteiger partial charge in [-0.05, 0) is 36.8 Å². The van der Waals surface area contributed by atoms with Crippen molar-refractivity contribution in [1.29, 1.82) is 0 Å². The van der Waals surface area contributed by atoms with Crippen molar-refractivity contribution in [3.05, 3.63) is 65.9 Å². The number of rotatable bonds is 6. The fourth-order valence-corrected chi connectivity index (χ4v) is 2.59. The molecule has 2 aromatic heterocycles. The van der Waals surface area contributed by atoms with Crippen molar-refractivity contribution in [2.24, 2.45) is 5.92 Å². The van der Waals surface area contributed by atoms with Crippen LogP contribution < -0.4 is 5.32 Å². The van der Waals surface area contributed by atoms with E-state index in [1.165, 1.54) is 12.1 Å². The van der Waals surface area contributed by atoms with E-state index in [4.69, 9.17) is 0 Å². The Morgan fingerprint density at radius 2 is 2.17 bits per heavy atom. The first-order valence-corrected chi connectivity index (χ1v) is 7.73. The number of amides is 1. The van der Waals surface area contributed by atoms with E-state index in [2.05, 4.69) is 15.3 Å². The van der Waals surface area contributed by atoms with Gasteiger partial charge in [0.1, 0.15) is 11.5 Å². The quantitative estimate of drug-likeness (QED) is 0.650. The maximum atomic E-state index is 13.7.